The zero-order valence-corrected chi connectivity index (χ0v) is 18.2. The van der Waals surface area contributed by atoms with Gasteiger partial charge in [0, 0.05) is 48.3 Å². The van der Waals surface area contributed by atoms with E-state index < -0.39 is 12.8 Å². The highest BCUT2D eigenvalue weighted by Gasteiger charge is 2.31. The number of benzene rings is 1. The van der Waals surface area contributed by atoms with Gasteiger partial charge < -0.3 is 19.5 Å². The number of ether oxygens (including phenoxy) is 2. The Morgan fingerprint density at radius 2 is 1.94 bits per heavy atom. The van der Waals surface area contributed by atoms with Crippen LogP contribution in [0.25, 0.3) is 10.9 Å². The van der Waals surface area contributed by atoms with Gasteiger partial charge in [-0.1, -0.05) is 11.6 Å². The first kappa shape index (κ1) is 23.1. The van der Waals surface area contributed by atoms with Crippen LogP contribution in [-0.4, -0.2) is 59.9 Å². The highest BCUT2D eigenvalue weighted by molar-refractivity contribution is 6.32. The minimum Gasteiger partial charge on any atom is -0.433 e. The summed E-state index contributed by atoms with van der Waals surface area (Å²) in [6.45, 7) is -0.468. The number of carbonyl (C=O) groups is 1. The van der Waals surface area contributed by atoms with E-state index in [4.69, 9.17) is 16.3 Å². The van der Waals surface area contributed by atoms with Crippen molar-refractivity contribution in [1.29, 1.82) is 0 Å². The molecule has 1 aliphatic carbocycles. The lowest BCUT2D eigenvalue weighted by Crippen LogP contribution is -2.45. The first-order valence-electron chi connectivity index (χ1n) is 10.8. The van der Waals surface area contributed by atoms with Crippen molar-refractivity contribution < 1.29 is 28.2 Å². The monoisotopic (exact) mass is 469 g/mol. The molecule has 174 valence electrons. The van der Waals surface area contributed by atoms with Crippen molar-refractivity contribution in [1.82, 2.24) is 15.2 Å². The van der Waals surface area contributed by atoms with Gasteiger partial charge in [0.1, 0.15) is 12.0 Å². The molecule has 2 N–H and O–H groups in total. The molecule has 0 spiro atoms. The molecule has 4 rings (SSSR count). The molecule has 0 bridgehead atoms. The van der Waals surface area contributed by atoms with Gasteiger partial charge in [0.2, 0.25) is 5.91 Å². The van der Waals surface area contributed by atoms with E-state index >= 15 is 0 Å². The predicted molar refractivity (Wildman–Crippen MR) is 115 cm³/mol. The van der Waals surface area contributed by atoms with Crippen LogP contribution in [0.1, 0.15) is 37.5 Å². The lowest BCUT2D eigenvalue weighted by atomic mass is 9.85. The largest absolute Gasteiger partial charge is 0.433 e. The zero-order chi connectivity index (χ0) is 22.7. The van der Waals surface area contributed by atoms with Crippen LogP contribution in [0.5, 0.6) is 5.75 Å². The molecule has 1 atom stereocenters. The average molecular weight is 470 g/mol. The minimum atomic E-state index is -2.98. The molecule has 1 saturated heterocycles. The van der Waals surface area contributed by atoms with Crippen molar-refractivity contribution in [2.45, 2.75) is 44.6 Å². The SMILES string of the molecule is O=C(C1CCC(NC(O)c2cnc3cc(OC(F)F)c(Cl)cc3c2)CC1)N1CCOCC1. The summed E-state index contributed by atoms with van der Waals surface area (Å²) in [5, 5.41) is 14.5. The minimum absolute atomic E-state index is 0.0254. The molecular formula is C22H26ClF2N3O4. The van der Waals surface area contributed by atoms with Crippen LogP contribution in [-0.2, 0) is 9.53 Å². The Bertz CT molecular complexity index is 950. The van der Waals surface area contributed by atoms with Crippen molar-refractivity contribution in [2.24, 2.45) is 5.92 Å². The number of alkyl halides is 2. The first-order chi connectivity index (χ1) is 15.4. The molecular weight excluding hydrogens is 444 g/mol. The number of amides is 1. The van der Waals surface area contributed by atoms with Crippen molar-refractivity contribution in [3.05, 3.63) is 35.0 Å². The van der Waals surface area contributed by atoms with Gasteiger partial charge in [-0.15, -0.1) is 0 Å². The fraction of sp³-hybridized carbons (Fsp3) is 0.545. The third-order valence-electron chi connectivity index (χ3n) is 6.08. The number of aromatic nitrogens is 1. The predicted octanol–water partition coefficient (Wildman–Crippen LogP) is 3.49. The summed E-state index contributed by atoms with van der Waals surface area (Å²) in [6.07, 6.45) is 3.68. The summed E-state index contributed by atoms with van der Waals surface area (Å²) in [7, 11) is 0. The number of hydrogen-bond acceptors (Lipinski definition) is 6. The molecule has 0 radical (unpaired) electrons. The molecule has 1 aliphatic heterocycles. The van der Waals surface area contributed by atoms with Crippen LogP contribution >= 0.6 is 11.6 Å². The van der Waals surface area contributed by atoms with Gasteiger partial charge in [-0.25, -0.2) is 0 Å². The fourth-order valence-electron chi connectivity index (χ4n) is 4.35. The highest BCUT2D eigenvalue weighted by atomic mass is 35.5. The smallest absolute Gasteiger partial charge is 0.387 e. The van der Waals surface area contributed by atoms with Gasteiger partial charge in [0.05, 0.1) is 23.8 Å². The Labute approximate surface area is 189 Å². The first-order valence-corrected chi connectivity index (χ1v) is 11.1. The number of carbonyl (C=O) groups excluding carboxylic acids is 1. The van der Waals surface area contributed by atoms with E-state index in [1.54, 1.807) is 6.07 Å². The second-order valence-electron chi connectivity index (χ2n) is 8.18. The summed E-state index contributed by atoms with van der Waals surface area (Å²) < 4.78 is 34.7. The number of hydrogen-bond donors (Lipinski definition) is 2. The summed E-state index contributed by atoms with van der Waals surface area (Å²) in [4.78, 5) is 18.8. The molecule has 10 heteroatoms. The zero-order valence-electron chi connectivity index (χ0n) is 17.5. The molecule has 1 unspecified atom stereocenters. The molecule has 2 heterocycles. The Morgan fingerprint density at radius 3 is 2.62 bits per heavy atom. The van der Waals surface area contributed by atoms with Gasteiger partial charge in [0.15, 0.2) is 0 Å². The van der Waals surface area contributed by atoms with E-state index in [0.29, 0.717) is 42.8 Å². The number of pyridine rings is 1. The lowest BCUT2D eigenvalue weighted by Gasteiger charge is -2.34. The van der Waals surface area contributed by atoms with Crippen molar-refractivity contribution in [3.63, 3.8) is 0 Å². The molecule has 32 heavy (non-hydrogen) atoms. The molecule has 1 aromatic heterocycles. The summed E-state index contributed by atoms with van der Waals surface area (Å²) in [5.74, 6) is 0.0898. The van der Waals surface area contributed by atoms with Gasteiger partial charge >= 0.3 is 6.61 Å². The van der Waals surface area contributed by atoms with Gasteiger partial charge in [-0.3, -0.25) is 15.1 Å². The fourth-order valence-corrected chi connectivity index (χ4v) is 4.57. The van der Waals surface area contributed by atoms with Gasteiger partial charge in [0.25, 0.3) is 0 Å². The van der Waals surface area contributed by atoms with Crippen LogP contribution in [0.15, 0.2) is 24.4 Å². The number of nitrogens with zero attached hydrogens (tertiary/aromatic N) is 2. The van der Waals surface area contributed by atoms with E-state index in [1.807, 2.05) is 4.90 Å². The molecule has 1 saturated carbocycles. The Hall–Kier alpha value is -2.07. The van der Waals surface area contributed by atoms with Crippen LogP contribution in [0, 0.1) is 5.92 Å². The maximum atomic E-state index is 12.7. The van der Waals surface area contributed by atoms with Gasteiger partial charge in [-0.2, -0.15) is 8.78 Å². The van der Waals surface area contributed by atoms with Crippen molar-refractivity contribution in [2.75, 3.05) is 26.3 Å². The number of aliphatic hydroxyl groups is 1. The maximum Gasteiger partial charge on any atom is 0.387 e. The molecule has 2 aliphatic rings. The Balaban J connectivity index is 1.34. The summed E-state index contributed by atoms with van der Waals surface area (Å²) in [6, 6.07) is 4.63. The Kier molecular flexibility index (Phi) is 7.40. The number of morpholine rings is 1. The number of nitrogens with one attached hydrogen (secondary N) is 1. The lowest BCUT2D eigenvalue weighted by molar-refractivity contribution is -0.140. The molecule has 2 fully saturated rings. The molecule has 7 nitrogen and oxygen atoms in total. The van der Waals surface area contributed by atoms with E-state index in [9.17, 15) is 18.7 Å². The third-order valence-corrected chi connectivity index (χ3v) is 6.38. The average Bonchev–Trinajstić information content (AvgIpc) is 2.79. The summed E-state index contributed by atoms with van der Waals surface area (Å²) in [5.41, 5.74) is 0.978. The van der Waals surface area contributed by atoms with Gasteiger partial charge in [-0.05, 0) is 37.8 Å². The third kappa shape index (κ3) is 5.46. The highest BCUT2D eigenvalue weighted by Crippen LogP contribution is 2.32. The molecule has 1 aromatic carbocycles. The van der Waals surface area contributed by atoms with E-state index in [0.717, 1.165) is 25.7 Å². The number of halogens is 3. The second-order valence-corrected chi connectivity index (χ2v) is 8.59. The van der Waals surface area contributed by atoms with Crippen LogP contribution < -0.4 is 10.1 Å². The van der Waals surface area contributed by atoms with Crippen LogP contribution in [0.4, 0.5) is 8.78 Å². The van der Waals surface area contributed by atoms with E-state index in [1.165, 1.54) is 18.3 Å². The quantitative estimate of drug-likeness (QED) is 0.630. The normalized spacial score (nSPS) is 22.8. The maximum absolute atomic E-state index is 12.7. The molecule has 2 aromatic rings. The van der Waals surface area contributed by atoms with Crippen LogP contribution in [0.3, 0.4) is 0 Å². The standard InChI is InChI=1S/C22H26ClF2N3O4/c23-17-10-14-9-15(12-26-18(14)11-19(17)32-22(24)25)20(29)27-16-3-1-13(2-4-16)21(30)28-5-7-31-8-6-28/h9-13,16,20,22,27,29H,1-8H2. The molecule has 1 amide bonds. The van der Waals surface area contributed by atoms with Crippen LogP contribution in [0.2, 0.25) is 5.02 Å². The number of aliphatic hydroxyl groups excluding tert-OH is 1. The Morgan fingerprint density at radius 1 is 1.22 bits per heavy atom. The summed E-state index contributed by atoms with van der Waals surface area (Å²) >= 11 is 6.03. The number of fused-ring (bicyclic) bond motifs is 1. The topological polar surface area (TPSA) is 83.9 Å². The van der Waals surface area contributed by atoms with E-state index in [2.05, 4.69) is 15.0 Å². The number of rotatable bonds is 6. The second kappa shape index (κ2) is 10.2. The van der Waals surface area contributed by atoms with E-state index in [-0.39, 0.29) is 28.6 Å². The van der Waals surface area contributed by atoms with Crippen molar-refractivity contribution in [3.8, 4) is 5.75 Å². The van der Waals surface area contributed by atoms with Crippen molar-refractivity contribution >= 4 is 28.4 Å².